The Bertz CT molecular complexity index is 477. The molecule has 0 atom stereocenters. The summed E-state index contributed by atoms with van der Waals surface area (Å²) in [6.45, 7) is 1.89. The van der Waals surface area contributed by atoms with E-state index in [9.17, 15) is 10.1 Å². The highest BCUT2D eigenvalue weighted by Crippen LogP contribution is 2.31. The largest absolute Gasteiger partial charge is 0.362 e. The summed E-state index contributed by atoms with van der Waals surface area (Å²) in [6, 6.07) is 0.860. The van der Waals surface area contributed by atoms with Crippen LogP contribution in [0.2, 0.25) is 0 Å². The van der Waals surface area contributed by atoms with Crippen molar-refractivity contribution in [2.45, 2.75) is 51.1 Å². The maximum absolute atomic E-state index is 11.3. The summed E-state index contributed by atoms with van der Waals surface area (Å²) >= 11 is 0. The highest BCUT2D eigenvalue weighted by Gasteiger charge is 2.28. The minimum atomic E-state index is -0.326. The summed E-state index contributed by atoms with van der Waals surface area (Å²) in [5.74, 6) is 0.541. The Balaban J connectivity index is 2.13. The lowest BCUT2D eigenvalue weighted by atomic mass is 9.91. The summed E-state index contributed by atoms with van der Waals surface area (Å²) < 4.78 is 1.60. The normalized spacial score (nSPS) is 22.8. The van der Waals surface area contributed by atoms with Gasteiger partial charge in [0, 0.05) is 19.1 Å². The SMILES string of the molecule is CCc1nn(C)c(NC2CCC(NC)CC2)c1[N+](=O)[O-]. The molecule has 2 N–H and O–H groups in total. The lowest BCUT2D eigenvalue weighted by molar-refractivity contribution is -0.384. The molecule has 0 spiro atoms. The first-order valence-corrected chi connectivity index (χ1v) is 7.20. The Kier molecular flexibility index (Phi) is 4.59. The Hall–Kier alpha value is -1.63. The minimum Gasteiger partial charge on any atom is -0.362 e. The maximum atomic E-state index is 11.3. The van der Waals surface area contributed by atoms with Crippen molar-refractivity contribution in [2.75, 3.05) is 12.4 Å². The van der Waals surface area contributed by atoms with Crippen molar-refractivity contribution in [1.82, 2.24) is 15.1 Å². The van der Waals surface area contributed by atoms with E-state index in [1.165, 1.54) is 0 Å². The summed E-state index contributed by atoms with van der Waals surface area (Å²) in [7, 11) is 3.74. The lowest BCUT2D eigenvalue weighted by Crippen LogP contribution is -2.35. The van der Waals surface area contributed by atoms with E-state index in [1.807, 2.05) is 14.0 Å². The molecule has 7 nitrogen and oxygen atoms in total. The van der Waals surface area contributed by atoms with Gasteiger partial charge in [0.1, 0.15) is 5.69 Å². The molecule has 0 radical (unpaired) electrons. The van der Waals surface area contributed by atoms with Gasteiger partial charge in [-0.1, -0.05) is 6.92 Å². The fraction of sp³-hybridized carbons (Fsp3) is 0.769. The van der Waals surface area contributed by atoms with Crippen LogP contribution in [0.3, 0.4) is 0 Å². The summed E-state index contributed by atoms with van der Waals surface area (Å²) in [5, 5.41) is 22.1. The number of nitrogens with zero attached hydrogens (tertiary/aromatic N) is 3. The Labute approximate surface area is 118 Å². The van der Waals surface area contributed by atoms with E-state index in [0.29, 0.717) is 30.0 Å². The third-order valence-corrected chi connectivity index (χ3v) is 4.09. The van der Waals surface area contributed by atoms with Crippen LogP contribution in [0.15, 0.2) is 0 Å². The van der Waals surface area contributed by atoms with Crippen LogP contribution in [0.4, 0.5) is 11.5 Å². The molecule has 20 heavy (non-hydrogen) atoms. The van der Waals surface area contributed by atoms with Gasteiger partial charge in [-0.2, -0.15) is 5.10 Å². The van der Waals surface area contributed by atoms with Crippen LogP contribution in [0.1, 0.15) is 38.3 Å². The number of rotatable bonds is 5. The van der Waals surface area contributed by atoms with Gasteiger partial charge in [-0.25, -0.2) is 4.68 Å². The second kappa shape index (κ2) is 6.21. The Morgan fingerprint density at radius 3 is 2.45 bits per heavy atom. The van der Waals surface area contributed by atoms with Gasteiger partial charge >= 0.3 is 5.69 Å². The monoisotopic (exact) mass is 281 g/mol. The van der Waals surface area contributed by atoms with Crippen LogP contribution in [-0.4, -0.2) is 33.8 Å². The van der Waals surface area contributed by atoms with Crippen molar-refractivity contribution in [3.63, 3.8) is 0 Å². The van der Waals surface area contributed by atoms with Crippen molar-refractivity contribution >= 4 is 11.5 Å². The zero-order valence-corrected chi connectivity index (χ0v) is 12.3. The zero-order chi connectivity index (χ0) is 14.7. The maximum Gasteiger partial charge on any atom is 0.333 e. The molecule has 0 amide bonds. The molecule has 1 aromatic heterocycles. The molecule has 1 aromatic rings. The molecular weight excluding hydrogens is 258 g/mol. The van der Waals surface area contributed by atoms with Crippen LogP contribution in [-0.2, 0) is 13.5 Å². The molecule has 1 aliphatic carbocycles. The number of hydrogen-bond donors (Lipinski definition) is 2. The molecule has 2 rings (SSSR count). The van der Waals surface area contributed by atoms with Crippen LogP contribution in [0.5, 0.6) is 0 Å². The Morgan fingerprint density at radius 2 is 1.95 bits per heavy atom. The van der Waals surface area contributed by atoms with Crippen molar-refractivity contribution in [2.24, 2.45) is 7.05 Å². The summed E-state index contributed by atoms with van der Waals surface area (Å²) in [6.07, 6.45) is 4.81. The third kappa shape index (κ3) is 2.92. The van der Waals surface area contributed by atoms with E-state index in [4.69, 9.17) is 0 Å². The number of anilines is 1. The van der Waals surface area contributed by atoms with Crippen molar-refractivity contribution < 1.29 is 4.92 Å². The van der Waals surface area contributed by atoms with Gasteiger partial charge in [0.15, 0.2) is 0 Å². The van der Waals surface area contributed by atoms with Crippen LogP contribution >= 0.6 is 0 Å². The molecule has 1 heterocycles. The van der Waals surface area contributed by atoms with Gasteiger partial charge in [0.05, 0.1) is 4.92 Å². The molecule has 112 valence electrons. The van der Waals surface area contributed by atoms with Gasteiger partial charge < -0.3 is 10.6 Å². The Morgan fingerprint density at radius 1 is 1.35 bits per heavy atom. The quantitative estimate of drug-likeness (QED) is 0.635. The molecule has 7 heteroatoms. The lowest BCUT2D eigenvalue weighted by Gasteiger charge is -2.29. The van der Waals surface area contributed by atoms with Crippen molar-refractivity contribution in [1.29, 1.82) is 0 Å². The topological polar surface area (TPSA) is 85.0 Å². The molecule has 0 bridgehead atoms. The molecular formula is C13H23N5O2. The average molecular weight is 281 g/mol. The number of nitrogens with one attached hydrogen (secondary N) is 2. The third-order valence-electron chi connectivity index (χ3n) is 4.09. The number of hydrogen-bond acceptors (Lipinski definition) is 5. The first kappa shape index (κ1) is 14.8. The van der Waals surface area contributed by atoms with Crippen LogP contribution in [0, 0.1) is 10.1 Å². The molecule has 0 aliphatic heterocycles. The van der Waals surface area contributed by atoms with E-state index >= 15 is 0 Å². The van der Waals surface area contributed by atoms with Gasteiger partial charge in [0.25, 0.3) is 0 Å². The minimum absolute atomic E-state index is 0.130. The predicted molar refractivity (Wildman–Crippen MR) is 78.0 cm³/mol. The first-order valence-electron chi connectivity index (χ1n) is 7.20. The predicted octanol–water partition coefficient (Wildman–Crippen LogP) is 1.83. The summed E-state index contributed by atoms with van der Waals surface area (Å²) in [5.41, 5.74) is 0.676. The smallest absolute Gasteiger partial charge is 0.333 e. The van der Waals surface area contributed by atoms with E-state index in [2.05, 4.69) is 15.7 Å². The van der Waals surface area contributed by atoms with Gasteiger partial charge in [0.2, 0.25) is 5.82 Å². The molecule has 0 unspecified atom stereocenters. The highest BCUT2D eigenvalue weighted by atomic mass is 16.6. The second-order valence-corrected chi connectivity index (χ2v) is 5.36. The average Bonchev–Trinajstić information content (AvgIpc) is 2.76. The van der Waals surface area contributed by atoms with E-state index in [0.717, 1.165) is 25.7 Å². The van der Waals surface area contributed by atoms with Crippen molar-refractivity contribution in [3.05, 3.63) is 15.8 Å². The molecule has 0 aromatic carbocycles. The number of aryl methyl sites for hydroxylation is 2. The molecule has 1 saturated carbocycles. The van der Waals surface area contributed by atoms with E-state index in [-0.39, 0.29) is 10.6 Å². The molecule has 1 fully saturated rings. The zero-order valence-electron chi connectivity index (χ0n) is 12.3. The number of aromatic nitrogens is 2. The van der Waals surface area contributed by atoms with Gasteiger partial charge in [-0.15, -0.1) is 0 Å². The van der Waals surface area contributed by atoms with E-state index in [1.54, 1.807) is 11.7 Å². The fourth-order valence-electron chi connectivity index (χ4n) is 2.88. The molecule has 0 saturated heterocycles. The van der Waals surface area contributed by atoms with Crippen molar-refractivity contribution in [3.8, 4) is 0 Å². The second-order valence-electron chi connectivity index (χ2n) is 5.36. The van der Waals surface area contributed by atoms with Gasteiger partial charge in [-0.05, 0) is 39.2 Å². The standard InChI is InChI=1S/C13H23N5O2/c1-4-11-12(18(19)20)13(17(3)16-11)15-10-7-5-9(14-2)6-8-10/h9-10,14-15H,4-8H2,1-3H3. The summed E-state index contributed by atoms with van der Waals surface area (Å²) in [4.78, 5) is 10.9. The van der Waals surface area contributed by atoms with E-state index < -0.39 is 0 Å². The first-order chi connectivity index (χ1) is 9.56. The fourth-order valence-corrected chi connectivity index (χ4v) is 2.88. The van der Waals surface area contributed by atoms with Crippen LogP contribution in [0.25, 0.3) is 0 Å². The number of nitro groups is 1. The van der Waals surface area contributed by atoms with Gasteiger partial charge in [-0.3, -0.25) is 10.1 Å². The highest BCUT2D eigenvalue weighted by molar-refractivity contribution is 5.60. The molecule has 1 aliphatic rings. The van der Waals surface area contributed by atoms with Crippen LogP contribution < -0.4 is 10.6 Å².